The Balaban J connectivity index is 1.78. The molecule has 0 bridgehead atoms. The van der Waals surface area contributed by atoms with Crippen LogP contribution in [0.5, 0.6) is 0 Å². The molecule has 0 saturated carbocycles. The second kappa shape index (κ2) is 9.46. The molecule has 3 aromatic rings. The summed E-state index contributed by atoms with van der Waals surface area (Å²) >= 11 is 0. The average molecular weight is 442 g/mol. The van der Waals surface area contributed by atoms with E-state index in [1.54, 1.807) is 6.33 Å². The molecule has 0 aliphatic heterocycles. The Morgan fingerprint density at radius 3 is 2.48 bits per heavy atom. The molecule has 3 rings (SSSR count). The molecule has 2 aromatic heterocycles. The summed E-state index contributed by atoms with van der Waals surface area (Å²) in [5.74, 6) is 0.526. The Morgan fingerprint density at radius 2 is 1.81 bits per heavy atom. The van der Waals surface area contributed by atoms with Gasteiger partial charge in [0.25, 0.3) is 0 Å². The quantitative estimate of drug-likeness (QED) is 0.486. The summed E-state index contributed by atoms with van der Waals surface area (Å²) in [4.78, 5) is 12.8. The third-order valence-electron chi connectivity index (χ3n) is 6.25. The first-order chi connectivity index (χ1) is 14.6. The van der Waals surface area contributed by atoms with Crippen LogP contribution in [-0.4, -0.2) is 40.5 Å². The van der Waals surface area contributed by atoms with Crippen molar-refractivity contribution in [2.75, 3.05) is 12.3 Å². The first kappa shape index (κ1) is 23.4. The van der Waals surface area contributed by atoms with Crippen LogP contribution in [0, 0.1) is 5.92 Å². The van der Waals surface area contributed by atoms with Crippen LogP contribution in [0.1, 0.15) is 33.3 Å². The fraction of sp³-hybridized carbons (Fsp3) is 0.522. The molecule has 0 aliphatic carbocycles. The summed E-state index contributed by atoms with van der Waals surface area (Å²) in [6, 6.07) is 10.2. The van der Waals surface area contributed by atoms with Crippen molar-refractivity contribution in [1.82, 2.24) is 19.5 Å². The van der Waals surface area contributed by atoms with Crippen molar-refractivity contribution in [3.63, 3.8) is 0 Å². The molecule has 2 heterocycles. The SMILES string of the molecule is C[C@@H](O[Si](C)(C)C(C)(C)C)[C@@H](COCc1ccccc1)Cn1cnc2c(N)ncnc21. The highest BCUT2D eigenvalue weighted by molar-refractivity contribution is 6.74. The minimum absolute atomic E-state index is 0.0216. The monoisotopic (exact) mass is 441 g/mol. The fourth-order valence-corrected chi connectivity index (χ4v) is 4.74. The van der Waals surface area contributed by atoms with Gasteiger partial charge in [-0.25, -0.2) is 15.0 Å². The van der Waals surface area contributed by atoms with Gasteiger partial charge in [-0.3, -0.25) is 0 Å². The minimum atomic E-state index is -1.92. The number of ether oxygens (including phenoxy) is 1. The Morgan fingerprint density at radius 1 is 1.10 bits per heavy atom. The van der Waals surface area contributed by atoms with Gasteiger partial charge in [-0.15, -0.1) is 0 Å². The van der Waals surface area contributed by atoms with Gasteiger partial charge < -0.3 is 19.5 Å². The van der Waals surface area contributed by atoms with Gasteiger partial charge in [0.15, 0.2) is 19.8 Å². The number of nitrogen functional groups attached to an aromatic ring is 1. The van der Waals surface area contributed by atoms with Crippen LogP contribution in [0.2, 0.25) is 18.1 Å². The fourth-order valence-electron chi connectivity index (χ4n) is 3.26. The lowest BCUT2D eigenvalue weighted by molar-refractivity contribution is 0.0266. The van der Waals surface area contributed by atoms with Crippen molar-refractivity contribution in [1.29, 1.82) is 0 Å². The zero-order chi connectivity index (χ0) is 22.6. The second-order valence-electron chi connectivity index (χ2n) is 9.67. The van der Waals surface area contributed by atoms with E-state index in [9.17, 15) is 0 Å². The summed E-state index contributed by atoms with van der Waals surface area (Å²) in [5.41, 5.74) is 8.49. The minimum Gasteiger partial charge on any atom is -0.414 e. The highest BCUT2D eigenvalue weighted by atomic mass is 28.4. The maximum Gasteiger partial charge on any atom is 0.192 e. The van der Waals surface area contributed by atoms with E-state index < -0.39 is 8.32 Å². The van der Waals surface area contributed by atoms with Gasteiger partial charge in [0.05, 0.1) is 19.5 Å². The van der Waals surface area contributed by atoms with E-state index in [-0.39, 0.29) is 17.1 Å². The highest BCUT2D eigenvalue weighted by Crippen LogP contribution is 2.38. The van der Waals surface area contributed by atoms with Crippen molar-refractivity contribution in [3.8, 4) is 0 Å². The number of aromatic nitrogens is 4. The van der Waals surface area contributed by atoms with Crippen molar-refractivity contribution < 1.29 is 9.16 Å². The number of rotatable bonds is 9. The van der Waals surface area contributed by atoms with E-state index in [1.807, 2.05) is 22.8 Å². The molecule has 0 fully saturated rings. The van der Waals surface area contributed by atoms with E-state index in [0.717, 1.165) is 11.2 Å². The van der Waals surface area contributed by atoms with Crippen LogP contribution in [0.3, 0.4) is 0 Å². The Bertz CT molecular complexity index is 985. The van der Waals surface area contributed by atoms with Gasteiger partial charge in [-0.05, 0) is 30.6 Å². The molecule has 2 N–H and O–H groups in total. The highest BCUT2D eigenvalue weighted by Gasteiger charge is 2.39. The van der Waals surface area contributed by atoms with Gasteiger partial charge in [-0.1, -0.05) is 51.1 Å². The molecule has 2 atom stereocenters. The molecule has 8 heteroatoms. The second-order valence-corrected chi connectivity index (χ2v) is 14.4. The Hall–Kier alpha value is -2.29. The van der Waals surface area contributed by atoms with Crippen LogP contribution in [0.15, 0.2) is 43.0 Å². The molecular formula is C23H35N5O2Si. The number of nitrogens with zero attached hydrogens (tertiary/aromatic N) is 4. The number of anilines is 1. The smallest absolute Gasteiger partial charge is 0.192 e. The standard InChI is InChI=1S/C23H35N5O2Si/c1-17(30-31(5,6)23(2,3)4)19(14-29-13-18-10-8-7-9-11-18)12-28-16-27-20-21(24)25-15-26-22(20)28/h7-11,15-17,19H,12-14H2,1-6H3,(H2,24,25,26)/t17-,19-/m1/s1. The summed E-state index contributed by atoms with van der Waals surface area (Å²) in [6.07, 6.45) is 3.28. The number of imidazole rings is 1. The lowest BCUT2D eigenvalue weighted by atomic mass is 10.1. The number of benzene rings is 1. The normalized spacial score (nSPS) is 14.6. The number of nitrogens with two attached hydrogens (primary N) is 1. The zero-order valence-corrected chi connectivity index (χ0v) is 20.5. The maximum atomic E-state index is 6.72. The van der Waals surface area contributed by atoms with Gasteiger partial charge in [0.2, 0.25) is 0 Å². The lowest BCUT2D eigenvalue weighted by Gasteiger charge is -2.40. The first-order valence-electron chi connectivity index (χ1n) is 10.8. The summed E-state index contributed by atoms with van der Waals surface area (Å²) in [7, 11) is -1.92. The number of hydrogen-bond acceptors (Lipinski definition) is 6. The van der Waals surface area contributed by atoms with Gasteiger partial charge >= 0.3 is 0 Å². The largest absolute Gasteiger partial charge is 0.414 e. The van der Waals surface area contributed by atoms with Crippen molar-refractivity contribution in [2.45, 2.75) is 65.1 Å². The number of fused-ring (bicyclic) bond motifs is 1. The molecule has 0 saturated heterocycles. The van der Waals surface area contributed by atoms with Crippen LogP contribution < -0.4 is 5.73 Å². The van der Waals surface area contributed by atoms with Gasteiger partial charge in [-0.2, -0.15) is 0 Å². The first-order valence-corrected chi connectivity index (χ1v) is 13.7. The molecule has 0 aliphatic rings. The molecule has 0 amide bonds. The molecule has 0 radical (unpaired) electrons. The van der Waals surface area contributed by atoms with Crippen LogP contribution in [0.25, 0.3) is 11.2 Å². The van der Waals surface area contributed by atoms with Gasteiger partial charge in [0, 0.05) is 18.6 Å². The number of hydrogen-bond donors (Lipinski definition) is 1. The maximum absolute atomic E-state index is 6.72. The van der Waals surface area contributed by atoms with E-state index >= 15 is 0 Å². The predicted octanol–water partition coefficient (Wildman–Crippen LogP) is 4.65. The van der Waals surface area contributed by atoms with Crippen LogP contribution in [0.4, 0.5) is 5.82 Å². The van der Waals surface area contributed by atoms with E-state index in [0.29, 0.717) is 31.1 Å². The summed E-state index contributed by atoms with van der Waals surface area (Å²) in [6.45, 7) is 15.3. The Labute approximate surface area is 186 Å². The van der Waals surface area contributed by atoms with Crippen LogP contribution in [-0.2, 0) is 22.3 Å². The lowest BCUT2D eigenvalue weighted by Crippen LogP contribution is -2.46. The van der Waals surface area contributed by atoms with Crippen LogP contribution >= 0.6 is 0 Å². The predicted molar refractivity (Wildman–Crippen MR) is 127 cm³/mol. The third kappa shape index (κ3) is 5.69. The zero-order valence-electron chi connectivity index (χ0n) is 19.5. The molecular weight excluding hydrogens is 406 g/mol. The molecule has 31 heavy (non-hydrogen) atoms. The molecule has 0 unspecified atom stereocenters. The molecule has 0 spiro atoms. The third-order valence-corrected chi connectivity index (χ3v) is 10.8. The van der Waals surface area contributed by atoms with E-state index in [2.05, 4.69) is 67.9 Å². The molecule has 168 valence electrons. The van der Waals surface area contributed by atoms with E-state index in [4.69, 9.17) is 14.9 Å². The van der Waals surface area contributed by atoms with Crippen molar-refractivity contribution in [3.05, 3.63) is 48.5 Å². The topological polar surface area (TPSA) is 88.1 Å². The van der Waals surface area contributed by atoms with Crippen molar-refractivity contribution >= 4 is 25.3 Å². The molecule has 1 aromatic carbocycles. The Kier molecular flexibility index (Phi) is 7.13. The van der Waals surface area contributed by atoms with Gasteiger partial charge in [0.1, 0.15) is 11.8 Å². The summed E-state index contributed by atoms with van der Waals surface area (Å²) in [5, 5.41) is 0.139. The summed E-state index contributed by atoms with van der Waals surface area (Å²) < 4.78 is 14.9. The van der Waals surface area contributed by atoms with E-state index in [1.165, 1.54) is 6.33 Å². The average Bonchev–Trinajstić information content (AvgIpc) is 3.11. The molecule has 7 nitrogen and oxygen atoms in total. The van der Waals surface area contributed by atoms with Crippen molar-refractivity contribution in [2.24, 2.45) is 5.92 Å².